The number of hydrogen-bond donors (Lipinski definition) is 2. The molecule has 134 valence electrons. The average molecular weight is 366 g/mol. The van der Waals surface area contributed by atoms with E-state index in [2.05, 4.69) is 10.0 Å². The van der Waals surface area contributed by atoms with Crippen molar-refractivity contribution in [1.29, 1.82) is 0 Å². The Balaban J connectivity index is 2.02. The zero-order valence-corrected chi connectivity index (χ0v) is 14.5. The molecule has 0 saturated heterocycles. The third kappa shape index (κ3) is 5.63. The van der Waals surface area contributed by atoms with Crippen LogP contribution in [0.3, 0.4) is 0 Å². The van der Waals surface area contributed by atoms with E-state index in [9.17, 15) is 17.6 Å². The SMILES string of the molecule is COCCCNS(=O)(=O)c1ccc(C(=O)Nc2cccc(F)c2)cc1. The second-order valence-corrected chi connectivity index (χ2v) is 7.00. The molecule has 0 atom stereocenters. The topological polar surface area (TPSA) is 84.5 Å². The summed E-state index contributed by atoms with van der Waals surface area (Å²) < 4.78 is 44.7. The largest absolute Gasteiger partial charge is 0.385 e. The molecule has 25 heavy (non-hydrogen) atoms. The fraction of sp³-hybridized carbons (Fsp3) is 0.235. The smallest absolute Gasteiger partial charge is 0.255 e. The maximum absolute atomic E-state index is 13.1. The molecule has 0 heterocycles. The minimum atomic E-state index is -3.63. The third-order valence-electron chi connectivity index (χ3n) is 3.33. The molecule has 0 bridgehead atoms. The number of benzene rings is 2. The summed E-state index contributed by atoms with van der Waals surface area (Å²) in [6.45, 7) is 0.722. The summed E-state index contributed by atoms with van der Waals surface area (Å²) in [5, 5.41) is 2.55. The third-order valence-corrected chi connectivity index (χ3v) is 4.80. The molecule has 0 radical (unpaired) electrons. The van der Waals surface area contributed by atoms with Gasteiger partial charge in [-0.1, -0.05) is 6.07 Å². The molecule has 0 fully saturated rings. The summed E-state index contributed by atoms with van der Waals surface area (Å²) >= 11 is 0. The van der Waals surface area contributed by atoms with Gasteiger partial charge in [-0.3, -0.25) is 4.79 Å². The van der Waals surface area contributed by atoms with Gasteiger partial charge in [0, 0.05) is 31.5 Å². The number of anilines is 1. The van der Waals surface area contributed by atoms with Crippen LogP contribution >= 0.6 is 0 Å². The Morgan fingerprint density at radius 3 is 2.52 bits per heavy atom. The van der Waals surface area contributed by atoms with E-state index in [-0.39, 0.29) is 17.0 Å². The summed E-state index contributed by atoms with van der Waals surface area (Å²) in [6.07, 6.45) is 0.559. The van der Waals surface area contributed by atoms with Crippen LogP contribution in [0.15, 0.2) is 53.4 Å². The van der Waals surface area contributed by atoms with E-state index in [1.165, 1.54) is 42.5 Å². The minimum absolute atomic E-state index is 0.0622. The summed E-state index contributed by atoms with van der Waals surface area (Å²) in [5.41, 5.74) is 0.587. The molecular formula is C17H19FN2O4S. The van der Waals surface area contributed by atoms with Gasteiger partial charge in [-0.15, -0.1) is 0 Å². The maximum atomic E-state index is 13.1. The number of hydrogen-bond acceptors (Lipinski definition) is 4. The minimum Gasteiger partial charge on any atom is -0.385 e. The summed E-state index contributed by atoms with van der Waals surface area (Å²) in [4.78, 5) is 12.2. The molecule has 6 nitrogen and oxygen atoms in total. The first-order chi connectivity index (χ1) is 11.9. The van der Waals surface area contributed by atoms with Crippen LogP contribution in [0.2, 0.25) is 0 Å². The molecule has 0 saturated carbocycles. The number of amides is 1. The number of halogens is 1. The normalized spacial score (nSPS) is 11.3. The predicted octanol–water partition coefficient (Wildman–Crippen LogP) is 2.39. The van der Waals surface area contributed by atoms with Crippen molar-refractivity contribution in [3.8, 4) is 0 Å². The molecule has 2 N–H and O–H groups in total. The van der Waals surface area contributed by atoms with Gasteiger partial charge in [0.15, 0.2) is 0 Å². The van der Waals surface area contributed by atoms with Crippen molar-refractivity contribution in [2.75, 3.05) is 25.6 Å². The number of methoxy groups -OCH3 is 1. The van der Waals surface area contributed by atoms with Gasteiger partial charge in [-0.2, -0.15) is 0 Å². The Hall–Kier alpha value is -2.29. The summed E-state index contributed by atoms with van der Waals surface area (Å²) in [7, 11) is -2.09. The number of carbonyl (C=O) groups is 1. The lowest BCUT2D eigenvalue weighted by atomic mass is 10.2. The van der Waals surface area contributed by atoms with E-state index in [4.69, 9.17) is 4.74 Å². The van der Waals surface area contributed by atoms with Crippen LogP contribution in [0.4, 0.5) is 10.1 Å². The average Bonchev–Trinajstić information content (AvgIpc) is 2.59. The highest BCUT2D eigenvalue weighted by Gasteiger charge is 2.14. The number of sulfonamides is 1. The second kappa shape index (κ2) is 8.70. The Morgan fingerprint density at radius 1 is 1.16 bits per heavy atom. The van der Waals surface area contributed by atoms with Crippen LogP contribution in [0.25, 0.3) is 0 Å². The van der Waals surface area contributed by atoms with Gasteiger partial charge in [0.25, 0.3) is 5.91 Å². The van der Waals surface area contributed by atoms with E-state index in [1.54, 1.807) is 13.2 Å². The quantitative estimate of drug-likeness (QED) is 0.703. The highest BCUT2D eigenvalue weighted by Crippen LogP contribution is 2.14. The van der Waals surface area contributed by atoms with E-state index in [1.807, 2.05) is 0 Å². The Morgan fingerprint density at radius 2 is 1.88 bits per heavy atom. The highest BCUT2D eigenvalue weighted by atomic mass is 32.2. The lowest BCUT2D eigenvalue weighted by Crippen LogP contribution is -2.25. The molecule has 1 amide bonds. The van der Waals surface area contributed by atoms with E-state index in [0.717, 1.165) is 0 Å². The van der Waals surface area contributed by atoms with Crippen molar-refractivity contribution in [2.24, 2.45) is 0 Å². The van der Waals surface area contributed by atoms with Crippen LogP contribution in [-0.4, -0.2) is 34.6 Å². The van der Waals surface area contributed by atoms with Crippen LogP contribution in [0, 0.1) is 5.82 Å². The van der Waals surface area contributed by atoms with Crippen molar-refractivity contribution < 1.29 is 22.3 Å². The monoisotopic (exact) mass is 366 g/mol. The highest BCUT2D eigenvalue weighted by molar-refractivity contribution is 7.89. The van der Waals surface area contributed by atoms with Gasteiger partial charge in [0.1, 0.15) is 5.82 Å². The number of rotatable bonds is 8. The zero-order valence-electron chi connectivity index (χ0n) is 13.7. The molecule has 0 unspecified atom stereocenters. The van der Waals surface area contributed by atoms with Gasteiger partial charge < -0.3 is 10.1 Å². The molecule has 2 aromatic rings. The van der Waals surface area contributed by atoms with Crippen LogP contribution in [-0.2, 0) is 14.8 Å². The summed E-state index contributed by atoms with van der Waals surface area (Å²) in [6, 6.07) is 11.0. The zero-order chi connectivity index (χ0) is 18.3. The first kappa shape index (κ1) is 19.0. The van der Waals surface area contributed by atoms with E-state index < -0.39 is 21.7 Å². The Labute approximate surface area is 146 Å². The molecule has 0 spiro atoms. The van der Waals surface area contributed by atoms with Crippen LogP contribution in [0.1, 0.15) is 16.8 Å². The van der Waals surface area contributed by atoms with Gasteiger partial charge in [0.05, 0.1) is 4.90 Å². The van der Waals surface area contributed by atoms with Gasteiger partial charge in [-0.25, -0.2) is 17.5 Å². The van der Waals surface area contributed by atoms with Crippen molar-refractivity contribution >= 4 is 21.6 Å². The van der Waals surface area contributed by atoms with Gasteiger partial charge in [-0.05, 0) is 48.9 Å². The van der Waals surface area contributed by atoms with E-state index in [0.29, 0.717) is 18.7 Å². The van der Waals surface area contributed by atoms with Crippen molar-refractivity contribution in [1.82, 2.24) is 4.72 Å². The first-order valence-corrected chi connectivity index (χ1v) is 9.06. The summed E-state index contributed by atoms with van der Waals surface area (Å²) in [5.74, 6) is -0.915. The van der Waals surface area contributed by atoms with Crippen molar-refractivity contribution in [2.45, 2.75) is 11.3 Å². The van der Waals surface area contributed by atoms with Crippen LogP contribution < -0.4 is 10.0 Å². The molecule has 8 heteroatoms. The maximum Gasteiger partial charge on any atom is 0.255 e. The number of ether oxygens (including phenoxy) is 1. The lowest BCUT2D eigenvalue weighted by Gasteiger charge is -2.08. The Kier molecular flexibility index (Phi) is 6.63. The molecule has 2 aromatic carbocycles. The number of nitrogens with one attached hydrogen (secondary N) is 2. The first-order valence-electron chi connectivity index (χ1n) is 7.58. The Bertz CT molecular complexity index is 823. The fourth-order valence-electron chi connectivity index (χ4n) is 2.06. The van der Waals surface area contributed by atoms with Crippen molar-refractivity contribution in [3.05, 3.63) is 59.9 Å². The second-order valence-electron chi connectivity index (χ2n) is 5.23. The van der Waals surface area contributed by atoms with Gasteiger partial charge >= 0.3 is 0 Å². The molecule has 0 aromatic heterocycles. The molecule has 2 rings (SSSR count). The molecule has 0 aliphatic carbocycles. The van der Waals surface area contributed by atoms with Crippen molar-refractivity contribution in [3.63, 3.8) is 0 Å². The standard InChI is InChI=1S/C17H19FN2O4S/c1-24-11-3-10-19-25(22,23)16-8-6-13(7-9-16)17(21)20-15-5-2-4-14(18)12-15/h2,4-9,12,19H,3,10-11H2,1H3,(H,20,21). The van der Waals surface area contributed by atoms with Gasteiger partial charge in [0.2, 0.25) is 10.0 Å². The van der Waals surface area contributed by atoms with Crippen LogP contribution in [0.5, 0.6) is 0 Å². The molecule has 0 aliphatic rings. The molecule has 0 aliphatic heterocycles. The predicted molar refractivity (Wildman–Crippen MR) is 92.5 cm³/mol. The number of carbonyl (C=O) groups excluding carboxylic acids is 1. The van der Waals surface area contributed by atoms with E-state index >= 15 is 0 Å². The lowest BCUT2D eigenvalue weighted by molar-refractivity contribution is 0.102. The fourth-order valence-corrected chi connectivity index (χ4v) is 3.14. The molecular weight excluding hydrogens is 347 g/mol.